The van der Waals surface area contributed by atoms with Gasteiger partial charge in [0.15, 0.2) is 0 Å². The predicted molar refractivity (Wildman–Crippen MR) is 88.3 cm³/mol. The fourth-order valence-corrected chi connectivity index (χ4v) is 4.06. The molecule has 0 atom stereocenters. The van der Waals surface area contributed by atoms with E-state index in [4.69, 9.17) is 0 Å². The molecule has 5 heteroatoms. The standard InChI is InChI=1S/C17H24N2O2S/c20-16(12-7-8-12)18-9-10-19-17(21)15-11-13-5-3-1-2-4-6-14(13)22-15/h11-12H,1-10H2,(H,18,20)(H,19,21). The molecule has 1 aromatic rings. The number of hydrogen-bond acceptors (Lipinski definition) is 3. The summed E-state index contributed by atoms with van der Waals surface area (Å²) in [6, 6.07) is 2.07. The molecule has 2 aliphatic carbocycles. The van der Waals surface area contributed by atoms with Gasteiger partial charge in [0, 0.05) is 23.9 Å². The molecule has 4 nitrogen and oxygen atoms in total. The van der Waals surface area contributed by atoms with Crippen molar-refractivity contribution in [3.8, 4) is 0 Å². The summed E-state index contributed by atoms with van der Waals surface area (Å²) in [5, 5.41) is 5.78. The van der Waals surface area contributed by atoms with Crippen molar-refractivity contribution in [1.29, 1.82) is 0 Å². The van der Waals surface area contributed by atoms with Crippen LogP contribution in [0.3, 0.4) is 0 Å². The van der Waals surface area contributed by atoms with Crippen molar-refractivity contribution in [1.82, 2.24) is 10.6 Å². The minimum absolute atomic E-state index is 0.00239. The van der Waals surface area contributed by atoms with E-state index in [0.717, 1.165) is 30.6 Å². The Bertz CT molecular complexity index is 523. The maximum Gasteiger partial charge on any atom is 0.261 e. The average molecular weight is 320 g/mol. The van der Waals surface area contributed by atoms with Crippen molar-refractivity contribution >= 4 is 23.2 Å². The Labute approximate surface area is 135 Å². The monoisotopic (exact) mass is 320 g/mol. The fourth-order valence-electron chi connectivity index (χ4n) is 2.89. The molecule has 2 amide bonds. The van der Waals surface area contributed by atoms with Crippen LogP contribution < -0.4 is 10.6 Å². The maximum absolute atomic E-state index is 12.2. The number of aryl methyl sites for hydroxylation is 2. The van der Waals surface area contributed by atoms with Crippen molar-refractivity contribution in [2.45, 2.75) is 51.4 Å². The van der Waals surface area contributed by atoms with Gasteiger partial charge in [-0.1, -0.05) is 12.8 Å². The molecule has 1 aromatic heterocycles. The first-order chi connectivity index (χ1) is 10.7. The van der Waals surface area contributed by atoms with Crippen LogP contribution in [0.25, 0.3) is 0 Å². The molecule has 3 rings (SSSR count). The van der Waals surface area contributed by atoms with E-state index in [1.807, 2.05) is 0 Å². The number of carbonyl (C=O) groups excluding carboxylic acids is 2. The van der Waals surface area contributed by atoms with Crippen molar-refractivity contribution in [3.05, 3.63) is 21.4 Å². The summed E-state index contributed by atoms with van der Waals surface area (Å²) < 4.78 is 0. The van der Waals surface area contributed by atoms with Gasteiger partial charge in [0.25, 0.3) is 5.91 Å². The molecule has 1 saturated carbocycles. The molecule has 120 valence electrons. The highest BCUT2D eigenvalue weighted by Crippen LogP contribution is 2.29. The lowest BCUT2D eigenvalue weighted by atomic mass is 10.00. The number of amides is 2. The minimum atomic E-state index is -0.00239. The van der Waals surface area contributed by atoms with E-state index in [1.165, 1.54) is 36.1 Å². The predicted octanol–water partition coefficient (Wildman–Crippen LogP) is 2.66. The average Bonchev–Trinajstić information content (AvgIpc) is 3.26. The number of rotatable bonds is 5. The molecule has 0 saturated heterocycles. The van der Waals surface area contributed by atoms with Gasteiger partial charge < -0.3 is 10.6 Å². The lowest BCUT2D eigenvalue weighted by Crippen LogP contribution is -2.35. The van der Waals surface area contributed by atoms with Gasteiger partial charge in [-0.2, -0.15) is 0 Å². The van der Waals surface area contributed by atoms with Crippen LogP contribution in [0, 0.1) is 5.92 Å². The van der Waals surface area contributed by atoms with Crippen LogP contribution in [0.5, 0.6) is 0 Å². The van der Waals surface area contributed by atoms with Crippen LogP contribution >= 0.6 is 11.3 Å². The van der Waals surface area contributed by atoms with E-state index in [1.54, 1.807) is 11.3 Å². The molecule has 0 aliphatic heterocycles. The number of fused-ring (bicyclic) bond motifs is 1. The van der Waals surface area contributed by atoms with E-state index >= 15 is 0 Å². The van der Waals surface area contributed by atoms with Crippen LogP contribution in [0.1, 0.15) is 58.6 Å². The second-order valence-corrected chi connectivity index (χ2v) is 7.43. The number of thiophene rings is 1. The third-order valence-corrected chi connectivity index (χ3v) is 5.61. The van der Waals surface area contributed by atoms with Gasteiger partial charge in [0.05, 0.1) is 4.88 Å². The second kappa shape index (κ2) is 7.27. The highest BCUT2D eigenvalue weighted by molar-refractivity contribution is 7.14. The van der Waals surface area contributed by atoms with Crippen molar-refractivity contribution in [2.24, 2.45) is 5.92 Å². The Kier molecular flexibility index (Phi) is 5.13. The quantitative estimate of drug-likeness (QED) is 0.820. The smallest absolute Gasteiger partial charge is 0.261 e. The first kappa shape index (κ1) is 15.5. The Morgan fingerprint density at radius 1 is 1.05 bits per heavy atom. The topological polar surface area (TPSA) is 58.2 Å². The summed E-state index contributed by atoms with van der Waals surface area (Å²) >= 11 is 1.65. The Hall–Kier alpha value is -1.36. The molecule has 0 bridgehead atoms. The summed E-state index contributed by atoms with van der Waals surface area (Å²) in [6.45, 7) is 1.02. The molecule has 2 N–H and O–H groups in total. The van der Waals surface area contributed by atoms with E-state index < -0.39 is 0 Å². The number of nitrogens with one attached hydrogen (secondary N) is 2. The largest absolute Gasteiger partial charge is 0.354 e. The van der Waals surface area contributed by atoms with Gasteiger partial charge in [-0.25, -0.2) is 0 Å². The second-order valence-electron chi connectivity index (χ2n) is 6.29. The molecule has 22 heavy (non-hydrogen) atoms. The zero-order valence-corrected chi connectivity index (χ0v) is 13.8. The maximum atomic E-state index is 12.2. The molecule has 0 radical (unpaired) electrons. The summed E-state index contributed by atoms with van der Waals surface area (Å²) in [6.07, 6.45) is 9.33. The molecule has 1 fully saturated rings. The van der Waals surface area contributed by atoms with Gasteiger partial charge >= 0.3 is 0 Å². The van der Waals surface area contributed by atoms with E-state index in [9.17, 15) is 9.59 Å². The van der Waals surface area contributed by atoms with Crippen molar-refractivity contribution in [3.63, 3.8) is 0 Å². The molecular weight excluding hydrogens is 296 g/mol. The van der Waals surface area contributed by atoms with E-state index in [2.05, 4.69) is 16.7 Å². The van der Waals surface area contributed by atoms with Gasteiger partial charge in [-0.15, -0.1) is 11.3 Å². The molecular formula is C17H24N2O2S. The van der Waals surface area contributed by atoms with Gasteiger partial charge in [-0.3, -0.25) is 9.59 Å². The summed E-state index contributed by atoms with van der Waals surface area (Å²) in [4.78, 5) is 25.9. The van der Waals surface area contributed by atoms with Crippen molar-refractivity contribution < 1.29 is 9.59 Å². The Morgan fingerprint density at radius 3 is 2.55 bits per heavy atom. The molecule has 0 unspecified atom stereocenters. The number of carbonyl (C=O) groups is 2. The first-order valence-electron chi connectivity index (χ1n) is 8.41. The van der Waals surface area contributed by atoms with Gasteiger partial charge in [-0.05, 0) is 50.2 Å². The van der Waals surface area contributed by atoms with Crippen LogP contribution in [0.4, 0.5) is 0 Å². The normalized spacial score (nSPS) is 18.0. The van der Waals surface area contributed by atoms with E-state index in [0.29, 0.717) is 13.1 Å². The number of hydrogen-bond donors (Lipinski definition) is 2. The lowest BCUT2D eigenvalue weighted by Gasteiger charge is -2.07. The highest BCUT2D eigenvalue weighted by Gasteiger charge is 2.29. The molecule has 2 aliphatic rings. The highest BCUT2D eigenvalue weighted by atomic mass is 32.1. The van der Waals surface area contributed by atoms with Crippen molar-refractivity contribution in [2.75, 3.05) is 13.1 Å². The minimum Gasteiger partial charge on any atom is -0.354 e. The Balaban J connectivity index is 1.47. The van der Waals surface area contributed by atoms with Crippen LogP contribution in [-0.4, -0.2) is 24.9 Å². The van der Waals surface area contributed by atoms with Crippen LogP contribution in [0.2, 0.25) is 0 Å². The summed E-state index contributed by atoms with van der Waals surface area (Å²) in [7, 11) is 0. The van der Waals surface area contributed by atoms with E-state index in [-0.39, 0.29) is 17.7 Å². The molecule has 0 spiro atoms. The van der Waals surface area contributed by atoms with Gasteiger partial charge in [0.1, 0.15) is 0 Å². The zero-order chi connectivity index (χ0) is 15.4. The summed E-state index contributed by atoms with van der Waals surface area (Å²) in [5.41, 5.74) is 1.37. The van der Waals surface area contributed by atoms with Gasteiger partial charge in [0.2, 0.25) is 5.91 Å². The third-order valence-electron chi connectivity index (χ3n) is 4.38. The molecule has 1 heterocycles. The lowest BCUT2D eigenvalue weighted by molar-refractivity contribution is -0.122. The fraction of sp³-hybridized carbons (Fsp3) is 0.647. The third kappa shape index (κ3) is 4.09. The van der Waals surface area contributed by atoms with Crippen LogP contribution in [-0.2, 0) is 17.6 Å². The van der Waals surface area contributed by atoms with Crippen LogP contribution in [0.15, 0.2) is 6.07 Å². The SMILES string of the molecule is O=C(NCCNC(=O)C1CC1)c1cc2c(s1)CCCCCC2. The zero-order valence-electron chi connectivity index (χ0n) is 13.0. The molecule has 0 aromatic carbocycles. The first-order valence-corrected chi connectivity index (χ1v) is 9.23. The Morgan fingerprint density at radius 2 is 1.77 bits per heavy atom. The summed E-state index contributed by atoms with van der Waals surface area (Å²) in [5.74, 6) is 0.360.